The van der Waals surface area contributed by atoms with Crippen molar-refractivity contribution in [3.05, 3.63) is 0 Å². The standard InChI is InChI=1S/C17H34N2O/c1-3-18-16-11-7-5-6-8-12-17(16)19(4-2)14-15-10-9-13-20-15/h15-18H,3-14H2,1-2H3. The third-order valence-corrected chi connectivity index (χ3v) is 5.03. The first-order valence-corrected chi connectivity index (χ1v) is 8.94. The summed E-state index contributed by atoms with van der Waals surface area (Å²) in [4.78, 5) is 2.70. The monoisotopic (exact) mass is 282 g/mol. The molecule has 1 saturated heterocycles. The van der Waals surface area contributed by atoms with Crippen molar-refractivity contribution < 1.29 is 4.74 Å². The van der Waals surface area contributed by atoms with Gasteiger partial charge in [-0.05, 0) is 38.8 Å². The van der Waals surface area contributed by atoms with E-state index in [-0.39, 0.29) is 0 Å². The molecule has 1 saturated carbocycles. The molecule has 0 aromatic heterocycles. The molecular weight excluding hydrogens is 248 g/mol. The third kappa shape index (κ3) is 4.71. The van der Waals surface area contributed by atoms with Crippen LogP contribution in [0.3, 0.4) is 0 Å². The summed E-state index contributed by atoms with van der Waals surface area (Å²) in [5.74, 6) is 0. The van der Waals surface area contributed by atoms with E-state index in [1.54, 1.807) is 0 Å². The predicted molar refractivity (Wildman–Crippen MR) is 85.2 cm³/mol. The zero-order chi connectivity index (χ0) is 14.2. The third-order valence-electron chi connectivity index (χ3n) is 5.03. The molecule has 3 unspecified atom stereocenters. The van der Waals surface area contributed by atoms with E-state index < -0.39 is 0 Å². The van der Waals surface area contributed by atoms with Crippen molar-refractivity contribution in [2.75, 3.05) is 26.2 Å². The Morgan fingerprint density at radius 3 is 2.45 bits per heavy atom. The van der Waals surface area contributed by atoms with Crippen molar-refractivity contribution in [1.29, 1.82) is 0 Å². The number of nitrogens with zero attached hydrogens (tertiary/aromatic N) is 1. The number of hydrogen-bond acceptors (Lipinski definition) is 3. The molecule has 1 heterocycles. The molecule has 2 aliphatic rings. The van der Waals surface area contributed by atoms with Crippen LogP contribution < -0.4 is 5.32 Å². The molecule has 1 aliphatic heterocycles. The van der Waals surface area contributed by atoms with E-state index >= 15 is 0 Å². The van der Waals surface area contributed by atoms with Crippen molar-refractivity contribution in [3.8, 4) is 0 Å². The Morgan fingerprint density at radius 1 is 1.00 bits per heavy atom. The van der Waals surface area contributed by atoms with Gasteiger partial charge in [0.1, 0.15) is 0 Å². The van der Waals surface area contributed by atoms with Gasteiger partial charge in [-0.1, -0.05) is 39.5 Å². The van der Waals surface area contributed by atoms with Gasteiger partial charge in [-0.25, -0.2) is 0 Å². The van der Waals surface area contributed by atoms with E-state index in [1.807, 2.05) is 0 Å². The van der Waals surface area contributed by atoms with E-state index in [0.29, 0.717) is 18.2 Å². The van der Waals surface area contributed by atoms with Crippen LogP contribution >= 0.6 is 0 Å². The first-order chi connectivity index (χ1) is 9.85. The van der Waals surface area contributed by atoms with Crippen LogP contribution in [0.4, 0.5) is 0 Å². The molecule has 2 rings (SSSR count). The molecule has 0 radical (unpaired) electrons. The highest BCUT2D eigenvalue weighted by Crippen LogP contribution is 2.24. The summed E-state index contributed by atoms with van der Waals surface area (Å²) in [7, 11) is 0. The first-order valence-electron chi connectivity index (χ1n) is 8.94. The van der Waals surface area contributed by atoms with E-state index in [0.717, 1.165) is 26.2 Å². The molecule has 1 N–H and O–H groups in total. The molecule has 20 heavy (non-hydrogen) atoms. The lowest BCUT2D eigenvalue weighted by Gasteiger charge is -2.39. The number of rotatable bonds is 6. The van der Waals surface area contributed by atoms with Crippen LogP contribution in [0.2, 0.25) is 0 Å². The Morgan fingerprint density at radius 2 is 1.80 bits per heavy atom. The SMILES string of the molecule is CCNC1CCCCCCC1N(CC)CC1CCCO1. The lowest BCUT2D eigenvalue weighted by molar-refractivity contribution is 0.0454. The Balaban J connectivity index is 1.96. The molecule has 3 heteroatoms. The molecular formula is C17H34N2O. The van der Waals surface area contributed by atoms with Crippen molar-refractivity contribution in [2.45, 2.75) is 83.4 Å². The van der Waals surface area contributed by atoms with Crippen LogP contribution in [0.15, 0.2) is 0 Å². The number of nitrogens with one attached hydrogen (secondary N) is 1. The van der Waals surface area contributed by atoms with Crippen LogP contribution in [-0.2, 0) is 4.74 Å². The Bertz CT molecular complexity index is 253. The van der Waals surface area contributed by atoms with Crippen LogP contribution in [0, 0.1) is 0 Å². The zero-order valence-electron chi connectivity index (χ0n) is 13.6. The van der Waals surface area contributed by atoms with Gasteiger partial charge in [0, 0.05) is 25.2 Å². The number of hydrogen-bond donors (Lipinski definition) is 1. The molecule has 0 amide bonds. The molecule has 3 atom stereocenters. The number of ether oxygens (including phenoxy) is 1. The molecule has 0 aromatic carbocycles. The summed E-state index contributed by atoms with van der Waals surface area (Å²) in [6.45, 7) is 8.93. The van der Waals surface area contributed by atoms with Crippen molar-refractivity contribution >= 4 is 0 Å². The highest BCUT2D eigenvalue weighted by molar-refractivity contribution is 4.87. The second-order valence-corrected chi connectivity index (χ2v) is 6.45. The fourth-order valence-electron chi connectivity index (χ4n) is 3.95. The minimum atomic E-state index is 0.489. The lowest BCUT2D eigenvalue weighted by Crippen LogP contribution is -2.52. The summed E-state index contributed by atoms with van der Waals surface area (Å²) < 4.78 is 5.87. The van der Waals surface area contributed by atoms with Gasteiger partial charge in [-0.2, -0.15) is 0 Å². The van der Waals surface area contributed by atoms with E-state index in [9.17, 15) is 0 Å². The fourth-order valence-corrected chi connectivity index (χ4v) is 3.95. The highest BCUT2D eigenvalue weighted by atomic mass is 16.5. The highest BCUT2D eigenvalue weighted by Gasteiger charge is 2.29. The Kier molecular flexibility index (Phi) is 7.32. The molecule has 1 aliphatic carbocycles. The maximum Gasteiger partial charge on any atom is 0.0702 e. The quantitative estimate of drug-likeness (QED) is 0.810. The van der Waals surface area contributed by atoms with Crippen molar-refractivity contribution in [3.63, 3.8) is 0 Å². The average Bonchev–Trinajstić information content (AvgIpc) is 2.93. The Labute approximate surface area is 125 Å². The van der Waals surface area contributed by atoms with Gasteiger partial charge in [-0.3, -0.25) is 4.90 Å². The fraction of sp³-hybridized carbons (Fsp3) is 1.00. The second kappa shape index (κ2) is 9.01. The average molecular weight is 282 g/mol. The zero-order valence-corrected chi connectivity index (χ0v) is 13.6. The van der Waals surface area contributed by atoms with Gasteiger partial charge in [-0.15, -0.1) is 0 Å². The van der Waals surface area contributed by atoms with Crippen LogP contribution in [0.1, 0.15) is 65.2 Å². The van der Waals surface area contributed by atoms with Gasteiger partial charge < -0.3 is 10.1 Å². The van der Waals surface area contributed by atoms with Crippen LogP contribution in [-0.4, -0.2) is 49.3 Å². The molecule has 0 aromatic rings. The normalized spacial score (nSPS) is 32.2. The van der Waals surface area contributed by atoms with E-state index in [1.165, 1.54) is 51.4 Å². The smallest absolute Gasteiger partial charge is 0.0702 e. The minimum absolute atomic E-state index is 0.489. The molecule has 118 valence electrons. The van der Waals surface area contributed by atoms with Crippen molar-refractivity contribution in [1.82, 2.24) is 10.2 Å². The van der Waals surface area contributed by atoms with Crippen LogP contribution in [0.5, 0.6) is 0 Å². The minimum Gasteiger partial charge on any atom is -0.377 e. The van der Waals surface area contributed by atoms with E-state index in [2.05, 4.69) is 24.1 Å². The maximum atomic E-state index is 5.87. The van der Waals surface area contributed by atoms with Crippen LogP contribution in [0.25, 0.3) is 0 Å². The van der Waals surface area contributed by atoms with Gasteiger partial charge >= 0.3 is 0 Å². The summed E-state index contributed by atoms with van der Waals surface area (Å²) in [5.41, 5.74) is 0. The predicted octanol–water partition coefficient (Wildman–Crippen LogP) is 3.19. The first kappa shape index (κ1) is 16.3. The van der Waals surface area contributed by atoms with Gasteiger partial charge in [0.25, 0.3) is 0 Å². The van der Waals surface area contributed by atoms with Crippen molar-refractivity contribution in [2.24, 2.45) is 0 Å². The van der Waals surface area contributed by atoms with Gasteiger partial charge in [0.15, 0.2) is 0 Å². The summed E-state index contributed by atoms with van der Waals surface area (Å²) in [5, 5.41) is 3.76. The molecule has 0 bridgehead atoms. The molecule has 3 nitrogen and oxygen atoms in total. The summed E-state index contributed by atoms with van der Waals surface area (Å²) >= 11 is 0. The topological polar surface area (TPSA) is 24.5 Å². The summed E-state index contributed by atoms with van der Waals surface area (Å²) in [6.07, 6.45) is 11.3. The largest absolute Gasteiger partial charge is 0.377 e. The van der Waals surface area contributed by atoms with Gasteiger partial charge in [0.05, 0.1) is 6.10 Å². The van der Waals surface area contributed by atoms with E-state index in [4.69, 9.17) is 4.74 Å². The van der Waals surface area contributed by atoms with Gasteiger partial charge in [0.2, 0.25) is 0 Å². The second-order valence-electron chi connectivity index (χ2n) is 6.45. The summed E-state index contributed by atoms with van der Waals surface area (Å²) in [6, 6.07) is 1.39. The molecule has 2 fully saturated rings. The lowest BCUT2D eigenvalue weighted by atomic mass is 9.90. The maximum absolute atomic E-state index is 5.87. The Hall–Kier alpha value is -0.120. The molecule has 0 spiro atoms. The number of likely N-dealkylation sites (N-methyl/N-ethyl adjacent to an activating group) is 2.